The average molecular weight is 175 g/mol. The Balaban J connectivity index is 2.86. The lowest BCUT2D eigenvalue weighted by molar-refractivity contribution is 0.509. The molecule has 1 nitrogen and oxygen atoms in total. The molecule has 11 heavy (non-hydrogen) atoms. The summed E-state index contributed by atoms with van der Waals surface area (Å²) in [6.45, 7) is 0. The van der Waals surface area contributed by atoms with Crippen LogP contribution in [0.25, 0.3) is 0 Å². The molecule has 60 valence electrons. The molecule has 0 saturated heterocycles. The Morgan fingerprint density at radius 1 is 1.27 bits per heavy atom. The van der Waals surface area contributed by atoms with Gasteiger partial charge >= 0.3 is 0 Å². The van der Waals surface area contributed by atoms with E-state index in [4.69, 9.17) is 0 Å². The van der Waals surface area contributed by atoms with Crippen LogP contribution in [0.1, 0.15) is 0 Å². The average Bonchev–Trinajstić information content (AvgIpc) is 1.98. The second-order valence-corrected chi connectivity index (χ2v) is 2.28. The van der Waals surface area contributed by atoms with Gasteiger partial charge in [-0.25, -0.2) is 8.78 Å². The molecule has 1 rings (SSSR count). The first-order chi connectivity index (χ1) is 5.24. The molecule has 4 heteroatoms. The van der Waals surface area contributed by atoms with Crippen LogP contribution < -0.4 is 5.32 Å². The van der Waals surface area contributed by atoms with Gasteiger partial charge < -0.3 is 5.32 Å². The molecule has 0 heterocycles. The molecule has 0 fully saturated rings. The van der Waals surface area contributed by atoms with Crippen LogP contribution in [-0.4, -0.2) is 5.88 Å². The maximum absolute atomic E-state index is 12.5. The Labute approximate surface area is 68.8 Å². The SMILES string of the molecule is Fc1ccc(NCS)cc1F. The highest BCUT2D eigenvalue weighted by Crippen LogP contribution is 2.12. The molecule has 0 aliphatic heterocycles. The van der Waals surface area contributed by atoms with Crippen LogP contribution in [0, 0.1) is 11.6 Å². The van der Waals surface area contributed by atoms with Gasteiger partial charge in [0.15, 0.2) is 11.6 Å². The number of thiol groups is 1. The number of halogens is 2. The highest BCUT2D eigenvalue weighted by Gasteiger charge is 2.00. The van der Waals surface area contributed by atoms with Crippen LogP contribution >= 0.6 is 12.6 Å². The summed E-state index contributed by atoms with van der Waals surface area (Å²) in [4.78, 5) is 0. The second-order valence-electron chi connectivity index (χ2n) is 1.96. The Morgan fingerprint density at radius 3 is 2.55 bits per heavy atom. The zero-order valence-corrected chi connectivity index (χ0v) is 6.54. The molecule has 0 spiro atoms. The van der Waals surface area contributed by atoms with Crippen molar-refractivity contribution in [3.63, 3.8) is 0 Å². The van der Waals surface area contributed by atoms with Crippen molar-refractivity contribution in [2.45, 2.75) is 0 Å². The molecule has 0 amide bonds. The van der Waals surface area contributed by atoms with E-state index in [2.05, 4.69) is 17.9 Å². The first kappa shape index (κ1) is 8.33. The molecule has 0 aliphatic rings. The van der Waals surface area contributed by atoms with Crippen LogP contribution in [0.3, 0.4) is 0 Å². The van der Waals surface area contributed by atoms with Gasteiger partial charge in [-0.1, -0.05) is 0 Å². The van der Waals surface area contributed by atoms with Crippen molar-refractivity contribution in [2.75, 3.05) is 11.2 Å². The summed E-state index contributed by atoms with van der Waals surface area (Å²) in [6.07, 6.45) is 0. The summed E-state index contributed by atoms with van der Waals surface area (Å²) >= 11 is 3.86. The van der Waals surface area contributed by atoms with Crippen LogP contribution in [0.5, 0.6) is 0 Å². The number of anilines is 1. The van der Waals surface area contributed by atoms with E-state index in [0.29, 0.717) is 11.6 Å². The quantitative estimate of drug-likeness (QED) is 0.519. The lowest BCUT2D eigenvalue weighted by atomic mass is 10.3. The molecule has 0 radical (unpaired) electrons. The molecule has 1 aromatic carbocycles. The molecule has 1 N–H and O–H groups in total. The molecular weight excluding hydrogens is 168 g/mol. The second kappa shape index (κ2) is 3.57. The predicted octanol–water partition coefficient (Wildman–Crippen LogP) is 2.26. The number of rotatable bonds is 2. The molecule has 0 saturated carbocycles. The lowest BCUT2D eigenvalue weighted by Gasteiger charge is -2.01. The largest absolute Gasteiger partial charge is 0.376 e. The molecule has 0 aliphatic carbocycles. The smallest absolute Gasteiger partial charge is 0.160 e. The minimum Gasteiger partial charge on any atom is -0.376 e. The topological polar surface area (TPSA) is 12.0 Å². The number of hydrogen-bond donors (Lipinski definition) is 2. The van der Waals surface area contributed by atoms with Gasteiger partial charge in [0.2, 0.25) is 0 Å². The maximum Gasteiger partial charge on any atom is 0.160 e. The van der Waals surface area contributed by atoms with Crippen LogP contribution in [0.15, 0.2) is 18.2 Å². The highest BCUT2D eigenvalue weighted by atomic mass is 32.1. The van der Waals surface area contributed by atoms with E-state index in [1.54, 1.807) is 0 Å². The lowest BCUT2D eigenvalue weighted by Crippen LogP contribution is -1.95. The number of hydrogen-bond acceptors (Lipinski definition) is 2. The van der Waals surface area contributed by atoms with Crippen LogP contribution in [-0.2, 0) is 0 Å². The minimum atomic E-state index is -0.850. The third-order valence-electron chi connectivity index (χ3n) is 1.20. The molecule has 0 unspecified atom stereocenters. The van der Waals surface area contributed by atoms with Crippen molar-refractivity contribution in [2.24, 2.45) is 0 Å². The summed E-state index contributed by atoms with van der Waals surface area (Å²) in [5, 5.41) is 2.73. The Morgan fingerprint density at radius 2 is 2.00 bits per heavy atom. The summed E-state index contributed by atoms with van der Waals surface area (Å²) < 4.78 is 24.8. The molecule has 0 bridgehead atoms. The van der Waals surface area contributed by atoms with E-state index in [1.807, 2.05) is 0 Å². The summed E-state index contributed by atoms with van der Waals surface area (Å²) in [6, 6.07) is 3.61. The fourth-order valence-electron chi connectivity index (χ4n) is 0.697. The molecule has 0 atom stereocenters. The fraction of sp³-hybridized carbons (Fsp3) is 0.143. The standard InChI is InChI=1S/C7H7F2NS/c8-6-2-1-5(10-4-11)3-7(6)9/h1-3,10-11H,4H2. The van der Waals surface area contributed by atoms with E-state index >= 15 is 0 Å². The van der Waals surface area contributed by atoms with E-state index in [1.165, 1.54) is 6.07 Å². The fourth-order valence-corrected chi connectivity index (χ4v) is 0.880. The van der Waals surface area contributed by atoms with Gasteiger partial charge in [-0.2, -0.15) is 12.6 Å². The monoisotopic (exact) mass is 175 g/mol. The first-order valence-electron chi connectivity index (χ1n) is 3.04. The highest BCUT2D eigenvalue weighted by molar-refractivity contribution is 7.80. The van der Waals surface area contributed by atoms with Crippen molar-refractivity contribution < 1.29 is 8.78 Å². The molecule has 0 aromatic heterocycles. The Hall–Kier alpha value is -0.770. The third-order valence-corrected chi connectivity index (χ3v) is 1.36. The van der Waals surface area contributed by atoms with Gasteiger partial charge in [0.05, 0.1) is 5.88 Å². The zero-order valence-electron chi connectivity index (χ0n) is 5.64. The first-order valence-corrected chi connectivity index (χ1v) is 3.67. The van der Waals surface area contributed by atoms with E-state index in [-0.39, 0.29) is 0 Å². The van der Waals surface area contributed by atoms with Crippen molar-refractivity contribution in [3.8, 4) is 0 Å². The zero-order chi connectivity index (χ0) is 8.27. The number of nitrogens with one attached hydrogen (secondary N) is 1. The van der Waals surface area contributed by atoms with Crippen molar-refractivity contribution in [3.05, 3.63) is 29.8 Å². The van der Waals surface area contributed by atoms with Crippen molar-refractivity contribution in [1.29, 1.82) is 0 Å². The van der Waals surface area contributed by atoms with Crippen LogP contribution in [0.4, 0.5) is 14.5 Å². The van der Waals surface area contributed by atoms with Gasteiger partial charge in [-0.3, -0.25) is 0 Å². The Kier molecular flexibility index (Phi) is 2.70. The third kappa shape index (κ3) is 2.08. The summed E-state index contributed by atoms with van der Waals surface area (Å²) in [7, 11) is 0. The summed E-state index contributed by atoms with van der Waals surface area (Å²) in [5.74, 6) is -1.29. The minimum absolute atomic E-state index is 0.394. The van der Waals surface area contributed by atoms with E-state index < -0.39 is 11.6 Å². The Bertz CT molecular complexity index is 252. The van der Waals surface area contributed by atoms with Crippen LogP contribution in [0.2, 0.25) is 0 Å². The van der Waals surface area contributed by atoms with E-state index in [0.717, 1.165) is 12.1 Å². The van der Waals surface area contributed by atoms with E-state index in [9.17, 15) is 8.78 Å². The van der Waals surface area contributed by atoms with Gasteiger partial charge in [-0.15, -0.1) is 0 Å². The van der Waals surface area contributed by atoms with Gasteiger partial charge in [0, 0.05) is 11.8 Å². The van der Waals surface area contributed by atoms with Gasteiger partial charge in [0.25, 0.3) is 0 Å². The van der Waals surface area contributed by atoms with Crippen molar-refractivity contribution >= 4 is 18.3 Å². The normalized spacial score (nSPS) is 9.73. The molecule has 1 aromatic rings. The van der Waals surface area contributed by atoms with Gasteiger partial charge in [-0.05, 0) is 12.1 Å². The maximum atomic E-state index is 12.5. The summed E-state index contributed by atoms with van der Waals surface area (Å²) in [5.41, 5.74) is 0.527. The predicted molar refractivity (Wildman–Crippen MR) is 43.8 cm³/mol. The number of benzene rings is 1. The van der Waals surface area contributed by atoms with Gasteiger partial charge in [0.1, 0.15) is 0 Å². The van der Waals surface area contributed by atoms with Crippen molar-refractivity contribution in [1.82, 2.24) is 0 Å². The molecular formula is C7H7F2NS.